The predicted octanol–water partition coefficient (Wildman–Crippen LogP) is 0.596. The summed E-state index contributed by atoms with van der Waals surface area (Å²) in [5.41, 5.74) is 0. The molecular formula is C11H20N2O3. The molecule has 2 amide bonds. The second-order valence-electron chi connectivity index (χ2n) is 4.45. The average molecular weight is 228 g/mol. The lowest BCUT2D eigenvalue weighted by atomic mass is 10.0. The molecule has 2 atom stereocenters. The Morgan fingerprint density at radius 3 is 2.75 bits per heavy atom. The summed E-state index contributed by atoms with van der Waals surface area (Å²) in [4.78, 5) is 13.7. The minimum Gasteiger partial charge on any atom is -0.378 e. The first-order valence-corrected chi connectivity index (χ1v) is 6.00. The molecule has 2 fully saturated rings. The zero-order chi connectivity index (χ0) is 11.4. The van der Waals surface area contributed by atoms with Crippen LogP contribution < -0.4 is 5.32 Å². The molecule has 2 rings (SSSR count). The van der Waals surface area contributed by atoms with Crippen molar-refractivity contribution in [3.8, 4) is 0 Å². The van der Waals surface area contributed by atoms with Gasteiger partial charge in [0.05, 0.1) is 19.3 Å². The Hall–Kier alpha value is -0.810. The third-order valence-corrected chi connectivity index (χ3v) is 3.11. The van der Waals surface area contributed by atoms with Gasteiger partial charge in [-0.1, -0.05) is 0 Å². The number of carbonyl (C=O) groups excluding carboxylic acids is 1. The molecule has 5 nitrogen and oxygen atoms in total. The first-order valence-electron chi connectivity index (χ1n) is 6.00. The number of amides is 2. The van der Waals surface area contributed by atoms with Crippen LogP contribution in [0.25, 0.3) is 0 Å². The van der Waals surface area contributed by atoms with Crippen molar-refractivity contribution in [2.24, 2.45) is 0 Å². The molecule has 2 unspecified atom stereocenters. The highest BCUT2D eigenvalue weighted by molar-refractivity contribution is 5.74. The topological polar surface area (TPSA) is 50.8 Å². The van der Waals surface area contributed by atoms with Crippen LogP contribution in [0.5, 0.6) is 0 Å². The van der Waals surface area contributed by atoms with E-state index in [0.717, 1.165) is 19.4 Å². The third-order valence-electron chi connectivity index (χ3n) is 3.11. The van der Waals surface area contributed by atoms with E-state index >= 15 is 0 Å². The van der Waals surface area contributed by atoms with Crippen LogP contribution in [0, 0.1) is 0 Å². The second kappa shape index (κ2) is 5.50. The van der Waals surface area contributed by atoms with Gasteiger partial charge in [0.2, 0.25) is 0 Å². The van der Waals surface area contributed by atoms with Crippen molar-refractivity contribution in [1.82, 2.24) is 10.2 Å². The van der Waals surface area contributed by atoms with Gasteiger partial charge in [0.1, 0.15) is 0 Å². The number of nitrogens with zero attached hydrogens (tertiary/aromatic N) is 1. The molecule has 0 radical (unpaired) electrons. The van der Waals surface area contributed by atoms with E-state index < -0.39 is 0 Å². The van der Waals surface area contributed by atoms with E-state index in [1.807, 2.05) is 11.8 Å². The molecule has 0 aromatic carbocycles. The standard InChI is InChI=1S/C11H20N2O3/c1-9-8-10(2-5-16-9)12-11(14)13-3-6-15-7-4-13/h9-10H,2-8H2,1H3,(H,12,14). The van der Waals surface area contributed by atoms with E-state index in [0.29, 0.717) is 26.3 Å². The van der Waals surface area contributed by atoms with Crippen molar-refractivity contribution >= 4 is 6.03 Å². The number of hydrogen-bond donors (Lipinski definition) is 1. The van der Waals surface area contributed by atoms with Gasteiger partial charge in [0.15, 0.2) is 0 Å². The van der Waals surface area contributed by atoms with Crippen LogP contribution in [0.2, 0.25) is 0 Å². The maximum absolute atomic E-state index is 11.9. The quantitative estimate of drug-likeness (QED) is 0.715. The third kappa shape index (κ3) is 3.09. The molecule has 2 aliphatic heterocycles. The summed E-state index contributed by atoms with van der Waals surface area (Å²) in [6.07, 6.45) is 2.08. The van der Waals surface area contributed by atoms with E-state index in [2.05, 4.69) is 5.32 Å². The van der Waals surface area contributed by atoms with Crippen LogP contribution >= 0.6 is 0 Å². The number of ether oxygens (including phenoxy) is 2. The van der Waals surface area contributed by atoms with Crippen LogP contribution in [0.3, 0.4) is 0 Å². The van der Waals surface area contributed by atoms with Gasteiger partial charge >= 0.3 is 6.03 Å². The first-order chi connectivity index (χ1) is 7.75. The van der Waals surface area contributed by atoms with Crippen LogP contribution in [-0.2, 0) is 9.47 Å². The number of morpholine rings is 1. The maximum Gasteiger partial charge on any atom is 0.317 e. The minimum atomic E-state index is 0.0439. The van der Waals surface area contributed by atoms with Crippen molar-refractivity contribution in [1.29, 1.82) is 0 Å². The molecule has 0 saturated carbocycles. The molecule has 2 aliphatic rings. The van der Waals surface area contributed by atoms with Crippen LogP contribution in [0.15, 0.2) is 0 Å². The minimum absolute atomic E-state index is 0.0439. The van der Waals surface area contributed by atoms with Crippen molar-refractivity contribution in [2.75, 3.05) is 32.9 Å². The summed E-state index contributed by atoms with van der Waals surface area (Å²) >= 11 is 0. The predicted molar refractivity (Wildman–Crippen MR) is 59.4 cm³/mol. The zero-order valence-corrected chi connectivity index (χ0v) is 9.78. The van der Waals surface area contributed by atoms with Crippen LogP contribution in [0.4, 0.5) is 4.79 Å². The molecular weight excluding hydrogens is 208 g/mol. The first kappa shape index (κ1) is 11.7. The number of carbonyl (C=O) groups is 1. The Bertz CT molecular complexity index is 241. The molecule has 92 valence electrons. The van der Waals surface area contributed by atoms with Gasteiger partial charge in [0.25, 0.3) is 0 Å². The largest absolute Gasteiger partial charge is 0.378 e. The Morgan fingerprint density at radius 1 is 1.31 bits per heavy atom. The smallest absolute Gasteiger partial charge is 0.317 e. The van der Waals surface area contributed by atoms with E-state index in [9.17, 15) is 4.79 Å². The molecule has 5 heteroatoms. The molecule has 2 heterocycles. The molecule has 0 aliphatic carbocycles. The van der Waals surface area contributed by atoms with E-state index in [-0.39, 0.29) is 18.2 Å². The monoisotopic (exact) mass is 228 g/mol. The lowest BCUT2D eigenvalue weighted by Gasteiger charge is -2.32. The molecule has 0 spiro atoms. The molecule has 1 N–H and O–H groups in total. The normalized spacial score (nSPS) is 31.2. The SMILES string of the molecule is CC1CC(NC(=O)N2CCOCC2)CCO1. The maximum atomic E-state index is 11.9. The second-order valence-corrected chi connectivity index (χ2v) is 4.45. The van der Waals surface area contributed by atoms with Gasteiger partial charge in [-0.05, 0) is 19.8 Å². The van der Waals surface area contributed by atoms with E-state index in [1.165, 1.54) is 0 Å². The van der Waals surface area contributed by atoms with Crippen molar-refractivity contribution in [2.45, 2.75) is 31.9 Å². The molecule has 16 heavy (non-hydrogen) atoms. The summed E-state index contributed by atoms with van der Waals surface area (Å²) in [5, 5.41) is 3.07. The zero-order valence-electron chi connectivity index (χ0n) is 9.78. The van der Waals surface area contributed by atoms with Gasteiger partial charge in [-0.2, -0.15) is 0 Å². The van der Waals surface area contributed by atoms with Crippen molar-refractivity contribution in [3.05, 3.63) is 0 Å². The highest BCUT2D eigenvalue weighted by Gasteiger charge is 2.24. The van der Waals surface area contributed by atoms with Gasteiger partial charge in [0, 0.05) is 25.7 Å². The number of hydrogen-bond acceptors (Lipinski definition) is 3. The fraction of sp³-hybridized carbons (Fsp3) is 0.909. The molecule has 2 saturated heterocycles. The van der Waals surface area contributed by atoms with E-state index in [1.54, 1.807) is 0 Å². The fourth-order valence-electron chi connectivity index (χ4n) is 2.16. The number of urea groups is 1. The molecule has 0 aromatic rings. The Morgan fingerprint density at radius 2 is 2.06 bits per heavy atom. The Labute approximate surface area is 96.1 Å². The summed E-state index contributed by atoms with van der Waals surface area (Å²) in [7, 11) is 0. The van der Waals surface area contributed by atoms with Crippen molar-refractivity contribution < 1.29 is 14.3 Å². The average Bonchev–Trinajstić information content (AvgIpc) is 2.30. The van der Waals surface area contributed by atoms with E-state index in [4.69, 9.17) is 9.47 Å². The van der Waals surface area contributed by atoms with Crippen LogP contribution in [-0.4, -0.2) is 56.0 Å². The number of nitrogens with one attached hydrogen (secondary N) is 1. The fourth-order valence-corrected chi connectivity index (χ4v) is 2.16. The van der Waals surface area contributed by atoms with Gasteiger partial charge < -0.3 is 19.7 Å². The lowest BCUT2D eigenvalue weighted by Crippen LogP contribution is -2.50. The molecule has 0 aromatic heterocycles. The highest BCUT2D eigenvalue weighted by Crippen LogP contribution is 2.13. The summed E-state index contributed by atoms with van der Waals surface area (Å²) < 4.78 is 10.7. The van der Waals surface area contributed by atoms with Gasteiger partial charge in [-0.25, -0.2) is 4.79 Å². The summed E-state index contributed by atoms with van der Waals surface area (Å²) in [5.74, 6) is 0. The lowest BCUT2D eigenvalue weighted by molar-refractivity contribution is 0.0122. The Balaban J connectivity index is 1.77. The summed E-state index contributed by atoms with van der Waals surface area (Å²) in [6.45, 7) is 5.49. The Kier molecular flexibility index (Phi) is 4.01. The molecule has 0 bridgehead atoms. The van der Waals surface area contributed by atoms with Gasteiger partial charge in [-0.3, -0.25) is 0 Å². The van der Waals surface area contributed by atoms with Gasteiger partial charge in [-0.15, -0.1) is 0 Å². The summed E-state index contributed by atoms with van der Waals surface area (Å²) in [6, 6.07) is 0.307. The van der Waals surface area contributed by atoms with Crippen LogP contribution in [0.1, 0.15) is 19.8 Å². The van der Waals surface area contributed by atoms with Crippen molar-refractivity contribution in [3.63, 3.8) is 0 Å². The number of rotatable bonds is 1. The highest BCUT2D eigenvalue weighted by atomic mass is 16.5.